The highest BCUT2D eigenvalue weighted by Gasteiger charge is 2.38. The van der Waals surface area contributed by atoms with Crippen LogP contribution in [-0.4, -0.2) is 48.1 Å². The Kier molecular flexibility index (Phi) is 6.61. The lowest BCUT2D eigenvalue weighted by atomic mass is 10.1. The fourth-order valence-corrected chi connectivity index (χ4v) is 4.07. The second-order valence-corrected chi connectivity index (χ2v) is 9.61. The van der Waals surface area contributed by atoms with Crippen LogP contribution in [0.4, 0.5) is 18.9 Å². The zero-order chi connectivity index (χ0) is 24.6. The van der Waals surface area contributed by atoms with Gasteiger partial charge in [0.15, 0.2) is 5.78 Å². The van der Waals surface area contributed by atoms with Crippen molar-refractivity contribution in [2.45, 2.75) is 31.0 Å². The Balaban J connectivity index is 1.86. The van der Waals surface area contributed by atoms with Crippen molar-refractivity contribution in [1.82, 2.24) is 13.9 Å². The number of Topliss-reactive ketones (excluding diaryl/α,β-unsaturated/α-hetero) is 1. The van der Waals surface area contributed by atoms with Gasteiger partial charge in [0.05, 0.1) is 15.9 Å². The Hall–Kier alpha value is -3.25. The van der Waals surface area contributed by atoms with E-state index in [1.807, 2.05) is 0 Å². The van der Waals surface area contributed by atoms with E-state index in [1.54, 1.807) is 0 Å². The lowest BCUT2D eigenvalue weighted by molar-refractivity contribution is -0.147. The molecule has 0 spiro atoms. The van der Waals surface area contributed by atoms with E-state index in [9.17, 15) is 31.2 Å². The smallest absolute Gasteiger partial charge is 0.326 e. The number of nitrogens with zero attached hydrogens (tertiary/aromatic N) is 3. The van der Waals surface area contributed by atoms with Crippen molar-refractivity contribution in [3.63, 3.8) is 0 Å². The number of aromatic nitrogens is 2. The Morgan fingerprint density at radius 1 is 1.09 bits per heavy atom. The third kappa shape index (κ3) is 5.22. The summed E-state index contributed by atoms with van der Waals surface area (Å²) in [6.45, 7) is 1.07. The van der Waals surface area contributed by atoms with Gasteiger partial charge in [-0.3, -0.25) is 9.59 Å². The third-order valence-electron chi connectivity index (χ3n) is 4.89. The maximum Gasteiger partial charge on any atom is 0.449 e. The molecule has 0 bridgehead atoms. The zero-order valence-corrected chi connectivity index (χ0v) is 18.8. The van der Waals surface area contributed by atoms with Crippen LogP contribution in [0.1, 0.15) is 29.5 Å². The largest absolute Gasteiger partial charge is 0.449 e. The van der Waals surface area contributed by atoms with Gasteiger partial charge < -0.3 is 9.88 Å². The zero-order valence-electron chi connectivity index (χ0n) is 18.0. The van der Waals surface area contributed by atoms with Crippen molar-refractivity contribution in [1.29, 1.82) is 0 Å². The highest BCUT2D eigenvalue weighted by atomic mass is 32.2. The Labute approximate surface area is 188 Å². The summed E-state index contributed by atoms with van der Waals surface area (Å²) >= 11 is 0. The monoisotopic (exact) mass is 482 g/mol. The minimum atomic E-state index is -4.81. The molecule has 0 fully saturated rings. The molecule has 0 unspecified atom stereocenters. The number of ketones is 1. The van der Waals surface area contributed by atoms with Gasteiger partial charge in [0.1, 0.15) is 0 Å². The van der Waals surface area contributed by atoms with Crippen LogP contribution in [0.5, 0.6) is 0 Å². The summed E-state index contributed by atoms with van der Waals surface area (Å²) in [7, 11) is -1.24. The van der Waals surface area contributed by atoms with Crippen LogP contribution < -0.4 is 5.32 Å². The van der Waals surface area contributed by atoms with E-state index in [0.29, 0.717) is 11.3 Å². The third-order valence-corrected chi connectivity index (χ3v) is 6.70. The second kappa shape index (κ2) is 8.94. The predicted molar refractivity (Wildman–Crippen MR) is 115 cm³/mol. The predicted octanol–water partition coefficient (Wildman–Crippen LogP) is 3.54. The molecule has 1 heterocycles. The molecule has 0 aliphatic rings. The molecule has 0 saturated heterocycles. The van der Waals surface area contributed by atoms with E-state index in [0.717, 1.165) is 14.9 Å². The van der Waals surface area contributed by atoms with E-state index in [4.69, 9.17) is 0 Å². The number of benzene rings is 2. The first kappa shape index (κ1) is 24.4. The van der Waals surface area contributed by atoms with Crippen LogP contribution in [0.25, 0.3) is 11.0 Å². The number of aryl methyl sites for hydroxylation is 1. The lowest BCUT2D eigenvalue weighted by Crippen LogP contribution is -2.22. The molecule has 1 N–H and O–H groups in total. The van der Waals surface area contributed by atoms with Crippen LogP contribution in [0.15, 0.2) is 47.4 Å². The maximum absolute atomic E-state index is 13.6. The molecule has 3 aromatic rings. The van der Waals surface area contributed by atoms with E-state index in [1.165, 1.54) is 57.4 Å². The molecule has 1 amide bonds. The van der Waals surface area contributed by atoms with Gasteiger partial charge in [0.25, 0.3) is 0 Å². The fraction of sp³-hybridized carbons (Fsp3) is 0.286. The molecule has 176 valence electrons. The fourth-order valence-electron chi connectivity index (χ4n) is 3.15. The van der Waals surface area contributed by atoms with Gasteiger partial charge in [0.2, 0.25) is 21.8 Å². The topological polar surface area (TPSA) is 101 Å². The van der Waals surface area contributed by atoms with Crippen LogP contribution >= 0.6 is 0 Å². The number of sulfonamides is 1. The summed E-state index contributed by atoms with van der Waals surface area (Å²) in [6.07, 6.45) is -5.10. The molecule has 0 radical (unpaired) electrons. The van der Waals surface area contributed by atoms with E-state index in [-0.39, 0.29) is 34.7 Å². The number of carbonyl (C=O) groups is 2. The van der Waals surface area contributed by atoms with E-state index in [2.05, 4.69) is 10.3 Å². The van der Waals surface area contributed by atoms with Crippen LogP contribution in [-0.2, 0) is 27.5 Å². The number of halogens is 3. The van der Waals surface area contributed by atoms with Gasteiger partial charge in [-0.1, -0.05) is 0 Å². The molecule has 8 nitrogen and oxygen atoms in total. The number of fused-ring (bicyclic) bond motifs is 1. The SMILES string of the molecule is CC(=O)c1ccc(NC(=O)CCn2c(C(F)(F)F)nc3cc(S(=O)(=O)N(C)C)ccc32)cc1. The van der Waals surface area contributed by atoms with Crippen LogP contribution in [0.2, 0.25) is 0 Å². The summed E-state index contributed by atoms with van der Waals surface area (Å²) in [4.78, 5) is 27.0. The number of imidazole rings is 1. The maximum atomic E-state index is 13.6. The number of amides is 1. The number of anilines is 1. The summed E-state index contributed by atoms with van der Waals surface area (Å²) in [5.74, 6) is -1.90. The molecule has 0 atom stereocenters. The first-order valence-corrected chi connectivity index (χ1v) is 11.2. The molecule has 0 aliphatic heterocycles. The van der Waals surface area contributed by atoms with Gasteiger partial charge in [-0.15, -0.1) is 0 Å². The first-order valence-electron chi connectivity index (χ1n) is 9.71. The van der Waals surface area contributed by atoms with Gasteiger partial charge in [-0.05, 0) is 49.4 Å². The summed E-state index contributed by atoms with van der Waals surface area (Å²) < 4.78 is 67.2. The molecular weight excluding hydrogens is 461 g/mol. The molecule has 1 aromatic heterocycles. The van der Waals surface area contributed by atoms with Crippen LogP contribution in [0, 0.1) is 0 Å². The average Bonchev–Trinajstić information content (AvgIpc) is 3.11. The number of rotatable bonds is 7. The average molecular weight is 482 g/mol. The van der Waals surface area contributed by atoms with Gasteiger partial charge in [-0.2, -0.15) is 13.2 Å². The number of hydrogen-bond donors (Lipinski definition) is 1. The van der Waals surface area contributed by atoms with E-state index < -0.39 is 27.9 Å². The van der Waals surface area contributed by atoms with Crippen molar-refractivity contribution in [2.75, 3.05) is 19.4 Å². The number of carbonyl (C=O) groups excluding carboxylic acids is 2. The molecule has 0 aliphatic carbocycles. The number of alkyl halides is 3. The minimum Gasteiger partial charge on any atom is -0.326 e. The van der Waals surface area contributed by atoms with Gasteiger partial charge in [0, 0.05) is 38.3 Å². The molecule has 3 rings (SSSR count). The molecular formula is C21H21F3N4O4S. The summed E-state index contributed by atoms with van der Waals surface area (Å²) in [6, 6.07) is 9.63. The Morgan fingerprint density at radius 2 is 1.73 bits per heavy atom. The second-order valence-electron chi connectivity index (χ2n) is 7.45. The highest BCUT2D eigenvalue weighted by molar-refractivity contribution is 7.89. The normalized spacial score (nSPS) is 12.3. The van der Waals surface area contributed by atoms with Crippen molar-refractivity contribution in [2.24, 2.45) is 0 Å². The number of hydrogen-bond acceptors (Lipinski definition) is 5. The van der Waals surface area contributed by atoms with Gasteiger partial charge in [-0.25, -0.2) is 17.7 Å². The molecule has 33 heavy (non-hydrogen) atoms. The molecule has 12 heteroatoms. The lowest BCUT2D eigenvalue weighted by Gasteiger charge is -2.12. The number of nitrogens with one attached hydrogen (secondary N) is 1. The van der Waals surface area contributed by atoms with Crippen molar-refractivity contribution in [3.05, 3.63) is 53.9 Å². The van der Waals surface area contributed by atoms with Crippen molar-refractivity contribution >= 4 is 38.4 Å². The van der Waals surface area contributed by atoms with Gasteiger partial charge >= 0.3 is 6.18 Å². The standard InChI is InChI=1S/C21H21F3N4O4S/c1-13(29)14-4-6-15(7-5-14)25-19(30)10-11-28-18-9-8-16(33(31,32)27(2)3)12-17(18)26-20(28)21(22,23)24/h4-9,12H,10-11H2,1-3H3,(H,25,30). The first-order chi connectivity index (χ1) is 15.3. The summed E-state index contributed by atoms with van der Waals surface area (Å²) in [5.41, 5.74) is 0.766. The Morgan fingerprint density at radius 3 is 2.27 bits per heavy atom. The van der Waals surface area contributed by atoms with Crippen molar-refractivity contribution in [3.8, 4) is 0 Å². The van der Waals surface area contributed by atoms with E-state index >= 15 is 0 Å². The Bertz CT molecular complexity index is 1310. The highest BCUT2D eigenvalue weighted by Crippen LogP contribution is 2.32. The van der Waals surface area contributed by atoms with Crippen LogP contribution in [0.3, 0.4) is 0 Å². The quantitative estimate of drug-likeness (QED) is 0.519. The summed E-state index contributed by atoms with van der Waals surface area (Å²) in [5, 5.41) is 2.57. The minimum absolute atomic E-state index is 0.0543. The van der Waals surface area contributed by atoms with Crippen molar-refractivity contribution < 1.29 is 31.2 Å². The molecule has 2 aromatic carbocycles. The molecule has 0 saturated carbocycles.